The molecule has 3 heterocycles. The lowest BCUT2D eigenvalue weighted by atomic mass is 9.95. The van der Waals surface area contributed by atoms with Crippen LogP contribution in [0.3, 0.4) is 0 Å². The van der Waals surface area contributed by atoms with Gasteiger partial charge in [-0.25, -0.2) is 4.98 Å². The highest BCUT2D eigenvalue weighted by Crippen LogP contribution is 2.27. The summed E-state index contributed by atoms with van der Waals surface area (Å²) in [6, 6.07) is 4.31. The molecule has 112 valence electrons. The second-order valence-corrected chi connectivity index (χ2v) is 7.25. The zero-order chi connectivity index (χ0) is 14.7. The van der Waals surface area contributed by atoms with Gasteiger partial charge in [-0.15, -0.1) is 22.7 Å². The van der Waals surface area contributed by atoms with E-state index in [0.717, 1.165) is 35.1 Å². The van der Waals surface area contributed by atoms with Crippen molar-refractivity contribution < 1.29 is 4.79 Å². The zero-order valence-corrected chi connectivity index (χ0v) is 13.6. The maximum absolute atomic E-state index is 12.2. The predicted octanol–water partition coefficient (Wildman–Crippen LogP) is 2.53. The van der Waals surface area contributed by atoms with E-state index in [9.17, 15) is 4.79 Å². The third-order valence-corrected chi connectivity index (χ3v) is 5.73. The molecule has 1 saturated heterocycles. The molecule has 2 unspecified atom stereocenters. The first-order valence-electron chi connectivity index (χ1n) is 7.21. The number of hydrogen-bond donors (Lipinski definition) is 2. The number of thiazole rings is 1. The van der Waals surface area contributed by atoms with Crippen molar-refractivity contribution in [2.24, 2.45) is 5.92 Å². The lowest BCUT2D eigenvalue weighted by molar-refractivity contribution is -0.121. The Hall–Kier alpha value is -1.24. The summed E-state index contributed by atoms with van der Waals surface area (Å²) in [5.74, 6) is 0.603. The van der Waals surface area contributed by atoms with Crippen LogP contribution in [0.1, 0.15) is 19.0 Å². The topological polar surface area (TPSA) is 54.0 Å². The minimum atomic E-state index is 0.0681. The molecule has 2 N–H and O–H groups in total. The Morgan fingerprint density at radius 3 is 3.19 bits per heavy atom. The van der Waals surface area contributed by atoms with Gasteiger partial charge in [0.1, 0.15) is 5.01 Å². The van der Waals surface area contributed by atoms with Gasteiger partial charge in [0.2, 0.25) is 5.91 Å². The number of carbonyl (C=O) groups is 1. The molecule has 1 aliphatic rings. The van der Waals surface area contributed by atoms with Crippen molar-refractivity contribution in [2.75, 3.05) is 13.1 Å². The van der Waals surface area contributed by atoms with E-state index in [-0.39, 0.29) is 11.9 Å². The SMILES string of the molecule is CC1CCNCC1NC(=O)Cc1csc(-c2cccs2)n1. The number of amides is 1. The van der Waals surface area contributed by atoms with Crippen molar-refractivity contribution in [1.82, 2.24) is 15.6 Å². The molecule has 6 heteroatoms. The van der Waals surface area contributed by atoms with E-state index in [1.165, 1.54) is 0 Å². The van der Waals surface area contributed by atoms with Gasteiger partial charge in [0.15, 0.2) is 0 Å². The molecule has 2 atom stereocenters. The minimum absolute atomic E-state index is 0.0681. The molecular weight excluding hydrogens is 302 g/mol. The minimum Gasteiger partial charge on any atom is -0.351 e. The fourth-order valence-electron chi connectivity index (χ4n) is 2.51. The second kappa shape index (κ2) is 6.68. The molecule has 0 aromatic carbocycles. The van der Waals surface area contributed by atoms with Crippen LogP contribution in [0.2, 0.25) is 0 Å². The molecule has 0 spiro atoms. The second-order valence-electron chi connectivity index (χ2n) is 5.44. The van der Waals surface area contributed by atoms with E-state index in [1.54, 1.807) is 22.7 Å². The number of rotatable bonds is 4. The summed E-state index contributed by atoms with van der Waals surface area (Å²) < 4.78 is 0. The molecule has 1 amide bonds. The molecule has 1 aliphatic heterocycles. The first-order valence-corrected chi connectivity index (χ1v) is 8.96. The molecule has 3 rings (SSSR count). The first-order chi connectivity index (χ1) is 10.2. The van der Waals surface area contributed by atoms with Crippen LogP contribution in [-0.2, 0) is 11.2 Å². The summed E-state index contributed by atoms with van der Waals surface area (Å²) >= 11 is 3.28. The Labute approximate surface area is 132 Å². The average molecular weight is 321 g/mol. The monoisotopic (exact) mass is 321 g/mol. The molecule has 0 aliphatic carbocycles. The van der Waals surface area contributed by atoms with Gasteiger partial charge in [-0.1, -0.05) is 13.0 Å². The van der Waals surface area contributed by atoms with E-state index in [1.807, 2.05) is 16.8 Å². The van der Waals surface area contributed by atoms with Gasteiger partial charge >= 0.3 is 0 Å². The Balaban J connectivity index is 1.57. The van der Waals surface area contributed by atoms with Crippen LogP contribution in [0.15, 0.2) is 22.9 Å². The fraction of sp³-hybridized carbons (Fsp3) is 0.467. The van der Waals surface area contributed by atoms with E-state index < -0.39 is 0 Å². The molecule has 2 aromatic heterocycles. The van der Waals surface area contributed by atoms with Gasteiger partial charge in [0.05, 0.1) is 17.0 Å². The van der Waals surface area contributed by atoms with Crippen molar-refractivity contribution in [3.63, 3.8) is 0 Å². The summed E-state index contributed by atoms with van der Waals surface area (Å²) in [6.45, 7) is 4.11. The maximum Gasteiger partial charge on any atom is 0.226 e. The third kappa shape index (κ3) is 3.70. The lowest BCUT2D eigenvalue weighted by Crippen LogP contribution is -2.50. The van der Waals surface area contributed by atoms with Gasteiger partial charge in [-0.05, 0) is 30.3 Å². The Bertz CT molecular complexity index is 594. The Morgan fingerprint density at radius 2 is 2.43 bits per heavy atom. The highest BCUT2D eigenvalue weighted by Gasteiger charge is 2.22. The zero-order valence-electron chi connectivity index (χ0n) is 12.0. The molecule has 0 saturated carbocycles. The van der Waals surface area contributed by atoms with Gasteiger partial charge in [-0.3, -0.25) is 4.79 Å². The number of nitrogens with zero attached hydrogens (tertiary/aromatic N) is 1. The molecule has 21 heavy (non-hydrogen) atoms. The largest absolute Gasteiger partial charge is 0.351 e. The van der Waals surface area contributed by atoms with Crippen LogP contribution in [0.4, 0.5) is 0 Å². The Morgan fingerprint density at radius 1 is 1.52 bits per heavy atom. The summed E-state index contributed by atoms with van der Waals surface area (Å²) in [5, 5.41) is 11.5. The van der Waals surface area contributed by atoms with E-state index in [4.69, 9.17) is 0 Å². The normalized spacial score (nSPS) is 22.1. The van der Waals surface area contributed by atoms with Crippen molar-refractivity contribution >= 4 is 28.6 Å². The van der Waals surface area contributed by atoms with Gasteiger partial charge in [-0.2, -0.15) is 0 Å². The van der Waals surface area contributed by atoms with Gasteiger partial charge in [0, 0.05) is 18.0 Å². The van der Waals surface area contributed by atoms with Crippen LogP contribution < -0.4 is 10.6 Å². The lowest BCUT2D eigenvalue weighted by Gasteiger charge is -2.30. The number of hydrogen-bond acceptors (Lipinski definition) is 5. The van der Waals surface area contributed by atoms with Crippen molar-refractivity contribution in [1.29, 1.82) is 0 Å². The summed E-state index contributed by atoms with van der Waals surface area (Å²) in [7, 11) is 0. The van der Waals surface area contributed by atoms with Crippen LogP contribution in [-0.4, -0.2) is 30.0 Å². The maximum atomic E-state index is 12.2. The van der Waals surface area contributed by atoms with E-state index in [0.29, 0.717) is 12.3 Å². The van der Waals surface area contributed by atoms with Gasteiger partial charge in [0.25, 0.3) is 0 Å². The summed E-state index contributed by atoms with van der Waals surface area (Å²) in [5.41, 5.74) is 0.859. The van der Waals surface area contributed by atoms with Crippen LogP contribution >= 0.6 is 22.7 Å². The van der Waals surface area contributed by atoms with E-state index >= 15 is 0 Å². The van der Waals surface area contributed by atoms with Crippen molar-refractivity contribution in [2.45, 2.75) is 25.8 Å². The number of piperidine rings is 1. The van der Waals surface area contributed by atoms with Crippen LogP contribution in [0, 0.1) is 5.92 Å². The molecule has 2 aromatic rings. The third-order valence-electron chi connectivity index (χ3n) is 3.80. The summed E-state index contributed by atoms with van der Waals surface area (Å²) in [4.78, 5) is 17.9. The predicted molar refractivity (Wildman–Crippen MR) is 87.7 cm³/mol. The standard InChI is InChI=1S/C15H19N3OS2/c1-10-4-5-16-8-12(10)18-14(19)7-11-9-21-15(17-11)13-3-2-6-20-13/h2-3,6,9-10,12,16H,4-5,7-8H2,1H3,(H,18,19). The average Bonchev–Trinajstić information content (AvgIpc) is 3.12. The quantitative estimate of drug-likeness (QED) is 0.910. The number of carbonyl (C=O) groups excluding carboxylic acids is 1. The number of thiophene rings is 1. The van der Waals surface area contributed by atoms with Crippen molar-refractivity contribution in [3.8, 4) is 9.88 Å². The molecule has 0 bridgehead atoms. The molecule has 0 radical (unpaired) electrons. The van der Waals surface area contributed by atoms with Gasteiger partial charge < -0.3 is 10.6 Å². The number of aromatic nitrogens is 1. The van der Waals surface area contributed by atoms with E-state index in [2.05, 4.69) is 28.6 Å². The Kier molecular flexibility index (Phi) is 4.67. The molecule has 1 fully saturated rings. The smallest absolute Gasteiger partial charge is 0.226 e. The molecular formula is C15H19N3OS2. The summed E-state index contributed by atoms with van der Waals surface area (Å²) in [6.07, 6.45) is 1.48. The van der Waals surface area contributed by atoms with Crippen molar-refractivity contribution in [3.05, 3.63) is 28.6 Å². The molecule has 4 nitrogen and oxygen atoms in total. The highest BCUT2D eigenvalue weighted by molar-refractivity contribution is 7.20. The number of nitrogens with one attached hydrogen (secondary N) is 2. The fourth-order valence-corrected chi connectivity index (χ4v) is 4.14. The van der Waals surface area contributed by atoms with Crippen LogP contribution in [0.5, 0.6) is 0 Å². The highest BCUT2D eigenvalue weighted by atomic mass is 32.1. The van der Waals surface area contributed by atoms with Crippen LogP contribution in [0.25, 0.3) is 9.88 Å². The first kappa shape index (κ1) is 14.7.